The molecule has 0 unspecified atom stereocenters. The fourth-order valence-electron chi connectivity index (χ4n) is 5.10. The summed E-state index contributed by atoms with van der Waals surface area (Å²) < 4.78 is 11.3. The van der Waals surface area contributed by atoms with Crippen molar-refractivity contribution in [1.29, 1.82) is 0 Å². The summed E-state index contributed by atoms with van der Waals surface area (Å²) >= 11 is 0. The number of hydrogen-bond acceptors (Lipinski definition) is 5. The van der Waals surface area contributed by atoms with Crippen LogP contribution in [-0.2, 0) is 27.4 Å². The van der Waals surface area contributed by atoms with Gasteiger partial charge in [0.1, 0.15) is 6.61 Å². The van der Waals surface area contributed by atoms with Crippen LogP contribution < -0.4 is 10.6 Å². The van der Waals surface area contributed by atoms with E-state index in [9.17, 15) is 19.5 Å². The zero-order valence-electron chi connectivity index (χ0n) is 23.2. The number of alkyl carbamates (subject to hydrolysis) is 1. The predicted molar refractivity (Wildman–Crippen MR) is 158 cm³/mol. The highest BCUT2D eigenvalue weighted by Gasteiger charge is 2.29. The van der Waals surface area contributed by atoms with Gasteiger partial charge < -0.3 is 25.2 Å². The highest BCUT2D eigenvalue weighted by molar-refractivity contribution is 5.96. The van der Waals surface area contributed by atoms with Crippen LogP contribution in [0.4, 0.5) is 4.79 Å². The Labute approximate surface area is 244 Å². The molecule has 0 spiro atoms. The Kier molecular flexibility index (Phi) is 8.94. The Morgan fingerprint density at radius 2 is 1.38 bits per heavy atom. The average molecular weight is 565 g/mol. The minimum atomic E-state index is -1.23. The third-order valence-corrected chi connectivity index (χ3v) is 7.37. The number of carboxylic acids is 1. The monoisotopic (exact) mass is 564 g/mol. The first-order chi connectivity index (χ1) is 20.4. The number of benzene rings is 4. The smallest absolute Gasteiger partial charge is 0.407 e. The van der Waals surface area contributed by atoms with Crippen molar-refractivity contribution in [2.75, 3.05) is 6.61 Å². The van der Waals surface area contributed by atoms with E-state index in [-0.39, 0.29) is 25.7 Å². The number of ether oxygens (including phenoxy) is 2. The minimum absolute atomic E-state index is 0.0259. The van der Waals surface area contributed by atoms with Crippen LogP contribution in [0.5, 0.6) is 0 Å². The SMILES string of the molecule is C[C@H](OCc1ccccc1)[C@@H](NC(=O)c1ccc(CNC(=O)OCC2c3ccccc3-c3ccccc32)cc1)C(=O)O. The quantitative estimate of drug-likeness (QED) is 0.221. The van der Waals surface area contributed by atoms with Gasteiger partial charge in [-0.2, -0.15) is 0 Å². The molecule has 0 fully saturated rings. The van der Waals surface area contributed by atoms with Crippen molar-refractivity contribution in [1.82, 2.24) is 10.6 Å². The van der Waals surface area contributed by atoms with Crippen LogP contribution in [0.2, 0.25) is 0 Å². The molecule has 4 aromatic rings. The molecule has 0 saturated carbocycles. The van der Waals surface area contributed by atoms with Gasteiger partial charge in [-0.05, 0) is 52.4 Å². The number of aliphatic carboxylic acids is 1. The second-order valence-electron chi connectivity index (χ2n) is 10.2. The maximum atomic E-state index is 12.8. The number of nitrogens with one attached hydrogen (secondary N) is 2. The van der Waals surface area contributed by atoms with E-state index in [1.165, 1.54) is 0 Å². The van der Waals surface area contributed by atoms with Crippen LogP contribution in [0, 0.1) is 0 Å². The summed E-state index contributed by atoms with van der Waals surface area (Å²) in [5, 5.41) is 15.0. The van der Waals surface area contributed by atoms with Crippen molar-refractivity contribution < 1.29 is 29.0 Å². The van der Waals surface area contributed by atoms with Crippen molar-refractivity contribution >= 4 is 18.0 Å². The number of carbonyl (C=O) groups is 3. The second kappa shape index (κ2) is 13.1. The van der Waals surface area contributed by atoms with Gasteiger partial charge in [0.2, 0.25) is 0 Å². The topological polar surface area (TPSA) is 114 Å². The molecule has 2 amide bonds. The zero-order valence-corrected chi connectivity index (χ0v) is 23.2. The molecule has 0 aromatic heterocycles. The van der Waals surface area contributed by atoms with Crippen molar-refractivity contribution in [2.45, 2.75) is 38.1 Å². The summed E-state index contributed by atoms with van der Waals surface area (Å²) in [5.74, 6) is -1.75. The van der Waals surface area contributed by atoms with Crippen molar-refractivity contribution in [3.8, 4) is 11.1 Å². The molecule has 8 heteroatoms. The van der Waals surface area contributed by atoms with Gasteiger partial charge in [0.05, 0.1) is 12.7 Å². The van der Waals surface area contributed by atoms with Gasteiger partial charge in [-0.15, -0.1) is 0 Å². The van der Waals surface area contributed by atoms with E-state index < -0.39 is 30.1 Å². The summed E-state index contributed by atoms with van der Waals surface area (Å²) in [4.78, 5) is 37.1. The molecule has 0 heterocycles. The van der Waals surface area contributed by atoms with Gasteiger partial charge in [-0.25, -0.2) is 9.59 Å². The molecule has 1 aliphatic rings. The van der Waals surface area contributed by atoms with E-state index >= 15 is 0 Å². The zero-order chi connectivity index (χ0) is 29.5. The lowest BCUT2D eigenvalue weighted by atomic mass is 9.98. The molecule has 5 rings (SSSR count). The van der Waals surface area contributed by atoms with E-state index in [1.54, 1.807) is 31.2 Å². The number of rotatable bonds is 11. The minimum Gasteiger partial charge on any atom is -0.480 e. The molecule has 0 aliphatic heterocycles. The van der Waals surface area contributed by atoms with E-state index in [0.717, 1.165) is 33.4 Å². The first-order valence-corrected chi connectivity index (χ1v) is 13.8. The van der Waals surface area contributed by atoms with Gasteiger partial charge in [-0.1, -0.05) is 91.0 Å². The number of hydrogen-bond donors (Lipinski definition) is 3. The molecular weight excluding hydrogens is 532 g/mol. The molecule has 42 heavy (non-hydrogen) atoms. The Hall–Kier alpha value is -4.95. The molecule has 1 aliphatic carbocycles. The molecule has 0 radical (unpaired) electrons. The summed E-state index contributed by atoms with van der Waals surface area (Å²) in [6.45, 7) is 2.27. The van der Waals surface area contributed by atoms with Crippen LogP contribution in [-0.4, -0.2) is 41.8 Å². The molecular formula is C34H32N2O6. The highest BCUT2D eigenvalue weighted by Crippen LogP contribution is 2.44. The lowest BCUT2D eigenvalue weighted by Gasteiger charge is -2.22. The average Bonchev–Trinajstić information content (AvgIpc) is 3.34. The number of fused-ring (bicyclic) bond motifs is 3. The Morgan fingerprint density at radius 3 is 2.00 bits per heavy atom. The number of carboxylic acid groups (broad SMARTS) is 1. The Morgan fingerprint density at radius 1 is 0.786 bits per heavy atom. The fraction of sp³-hybridized carbons (Fsp3) is 0.206. The van der Waals surface area contributed by atoms with Crippen molar-refractivity contribution in [2.24, 2.45) is 0 Å². The highest BCUT2D eigenvalue weighted by atomic mass is 16.5. The Balaban J connectivity index is 1.11. The van der Waals surface area contributed by atoms with Gasteiger partial charge in [-0.3, -0.25) is 4.79 Å². The lowest BCUT2D eigenvalue weighted by molar-refractivity contribution is -0.143. The van der Waals surface area contributed by atoms with Crippen molar-refractivity contribution in [3.05, 3.63) is 131 Å². The maximum absolute atomic E-state index is 12.8. The van der Waals surface area contributed by atoms with E-state index in [1.807, 2.05) is 54.6 Å². The van der Waals surface area contributed by atoms with Crippen LogP contribution in [0.1, 0.15) is 45.5 Å². The van der Waals surface area contributed by atoms with Crippen LogP contribution in [0.3, 0.4) is 0 Å². The summed E-state index contributed by atoms with van der Waals surface area (Å²) in [5.41, 5.74) is 6.56. The normalized spacial score (nSPS) is 13.4. The van der Waals surface area contributed by atoms with Gasteiger partial charge >= 0.3 is 12.1 Å². The van der Waals surface area contributed by atoms with Gasteiger partial charge in [0, 0.05) is 18.0 Å². The van der Waals surface area contributed by atoms with Crippen LogP contribution >= 0.6 is 0 Å². The van der Waals surface area contributed by atoms with E-state index in [4.69, 9.17) is 9.47 Å². The van der Waals surface area contributed by atoms with Gasteiger partial charge in [0.15, 0.2) is 6.04 Å². The first-order valence-electron chi connectivity index (χ1n) is 13.8. The van der Waals surface area contributed by atoms with Crippen LogP contribution in [0.15, 0.2) is 103 Å². The molecule has 2 atom stereocenters. The molecule has 0 saturated heterocycles. The third kappa shape index (κ3) is 6.67. The third-order valence-electron chi connectivity index (χ3n) is 7.37. The lowest BCUT2D eigenvalue weighted by Crippen LogP contribution is -2.48. The maximum Gasteiger partial charge on any atom is 0.407 e. The molecule has 4 aromatic carbocycles. The number of carbonyl (C=O) groups excluding carboxylic acids is 2. The molecule has 0 bridgehead atoms. The van der Waals surface area contributed by atoms with E-state index in [0.29, 0.717) is 5.56 Å². The van der Waals surface area contributed by atoms with Crippen molar-refractivity contribution in [3.63, 3.8) is 0 Å². The summed E-state index contributed by atoms with van der Waals surface area (Å²) in [6, 6.07) is 31.0. The predicted octanol–water partition coefficient (Wildman–Crippen LogP) is 5.51. The second-order valence-corrected chi connectivity index (χ2v) is 10.2. The first kappa shape index (κ1) is 28.6. The Bertz CT molecular complexity index is 1510. The van der Waals surface area contributed by atoms with Crippen LogP contribution in [0.25, 0.3) is 11.1 Å². The standard InChI is InChI=1S/C34H32N2O6/c1-22(41-20-24-9-3-2-4-10-24)31(33(38)39)36-32(37)25-17-15-23(16-18-25)19-35-34(40)42-21-30-28-13-7-5-11-26(28)27-12-6-8-14-29(27)30/h2-18,22,30-31H,19-21H2,1H3,(H,35,40)(H,36,37)(H,38,39)/t22-,31+/m0/s1. The molecule has 8 nitrogen and oxygen atoms in total. The largest absolute Gasteiger partial charge is 0.480 e. The van der Waals surface area contributed by atoms with E-state index in [2.05, 4.69) is 34.9 Å². The van der Waals surface area contributed by atoms with Gasteiger partial charge in [0.25, 0.3) is 5.91 Å². The summed E-state index contributed by atoms with van der Waals surface area (Å²) in [6.07, 6.45) is -1.29. The fourth-order valence-corrected chi connectivity index (χ4v) is 5.10. The number of amides is 2. The summed E-state index contributed by atoms with van der Waals surface area (Å²) in [7, 11) is 0. The molecule has 214 valence electrons. The molecule has 3 N–H and O–H groups in total.